The molecule has 1 fully saturated rings. The Morgan fingerprint density at radius 3 is 3.07 bits per heavy atom. The monoisotopic (exact) mass is 371 g/mol. The highest BCUT2D eigenvalue weighted by atomic mass is 16.6. The molecule has 1 aliphatic carbocycles. The second kappa shape index (κ2) is 7.96. The van der Waals surface area contributed by atoms with E-state index in [1.807, 2.05) is 25.1 Å². The number of hydrogen-bond acceptors (Lipinski definition) is 6. The first kappa shape index (κ1) is 17.8. The summed E-state index contributed by atoms with van der Waals surface area (Å²) < 4.78 is 11.2. The van der Waals surface area contributed by atoms with Crippen LogP contribution in [0.5, 0.6) is 0 Å². The van der Waals surface area contributed by atoms with Gasteiger partial charge in [0.1, 0.15) is 11.9 Å². The molecule has 0 unspecified atom stereocenters. The van der Waals surface area contributed by atoms with Crippen LogP contribution in [0.3, 0.4) is 0 Å². The van der Waals surface area contributed by atoms with Crippen LogP contribution in [-0.4, -0.2) is 40.5 Å². The minimum atomic E-state index is -0.348. The van der Waals surface area contributed by atoms with Crippen molar-refractivity contribution in [2.45, 2.75) is 51.2 Å². The number of nitrogens with zero attached hydrogens (tertiary/aromatic N) is 2. The summed E-state index contributed by atoms with van der Waals surface area (Å²) in [6.45, 7) is 3.53. The summed E-state index contributed by atoms with van der Waals surface area (Å²) in [5.41, 5.74) is 3.03. The zero-order valence-electron chi connectivity index (χ0n) is 15.5. The van der Waals surface area contributed by atoms with Crippen LogP contribution in [0.15, 0.2) is 18.2 Å². The largest absolute Gasteiger partial charge is 0.446 e. The van der Waals surface area contributed by atoms with Gasteiger partial charge in [-0.15, -0.1) is 0 Å². The number of aromatic nitrogens is 3. The Kier molecular flexibility index (Phi) is 5.24. The third-order valence-corrected chi connectivity index (χ3v) is 5.13. The number of H-pyrrole nitrogens is 1. The third-order valence-electron chi connectivity index (χ3n) is 5.13. The first-order valence-electron chi connectivity index (χ1n) is 9.48. The van der Waals surface area contributed by atoms with Gasteiger partial charge in [0.2, 0.25) is 0 Å². The minimum absolute atomic E-state index is 0.0498. The summed E-state index contributed by atoms with van der Waals surface area (Å²) in [5.74, 6) is 1.80. The number of amides is 1. The van der Waals surface area contributed by atoms with E-state index < -0.39 is 0 Å². The second-order valence-corrected chi connectivity index (χ2v) is 7.16. The molecule has 0 saturated heterocycles. The fourth-order valence-electron chi connectivity index (χ4n) is 3.58. The average Bonchev–Trinajstić information content (AvgIpc) is 3.29. The Bertz CT molecular complexity index is 806. The van der Waals surface area contributed by atoms with Crippen molar-refractivity contribution >= 4 is 17.7 Å². The van der Waals surface area contributed by atoms with Crippen molar-refractivity contribution in [3.63, 3.8) is 0 Å². The van der Waals surface area contributed by atoms with Gasteiger partial charge in [0.15, 0.2) is 5.82 Å². The molecule has 27 heavy (non-hydrogen) atoms. The number of fused-ring (bicyclic) bond motifs is 7. The molecule has 2 aliphatic rings. The van der Waals surface area contributed by atoms with Crippen LogP contribution in [-0.2, 0) is 16.1 Å². The number of carbonyl (C=O) groups excluding carboxylic acids is 1. The van der Waals surface area contributed by atoms with Crippen LogP contribution in [0.4, 0.5) is 16.4 Å². The lowest BCUT2D eigenvalue weighted by molar-refractivity contribution is 0.0956. The van der Waals surface area contributed by atoms with E-state index in [0.29, 0.717) is 25.7 Å². The molecular weight excluding hydrogens is 346 g/mol. The fourth-order valence-corrected chi connectivity index (χ4v) is 3.58. The Hall–Kier alpha value is -2.61. The normalized spacial score (nSPS) is 23.5. The topological polar surface area (TPSA) is 101 Å². The maximum absolute atomic E-state index is 11.9. The van der Waals surface area contributed by atoms with Crippen molar-refractivity contribution in [1.29, 1.82) is 0 Å². The number of hydrogen-bond donors (Lipinski definition) is 3. The summed E-state index contributed by atoms with van der Waals surface area (Å²) in [7, 11) is 0. The van der Waals surface area contributed by atoms with Crippen molar-refractivity contribution in [2.24, 2.45) is 0 Å². The Balaban J connectivity index is 1.53. The third kappa shape index (κ3) is 4.39. The van der Waals surface area contributed by atoms with E-state index in [4.69, 9.17) is 9.47 Å². The van der Waals surface area contributed by atoms with Gasteiger partial charge < -0.3 is 20.1 Å². The van der Waals surface area contributed by atoms with Crippen molar-refractivity contribution in [1.82, 2.24) is 20.5 Å². The van der Waals surface area contributed by atoms with E-state index in [-0.39, 0.29) is 12.2 Å². The summed E-state index contributed by atoms with van der Waals surface area (Å²) in [4.78, 5) is 16.6. The van der Waals surface area contributed by atoms with Crippen LogP contribution < -0.4 is 10.6 Å². The molecule has 2 atom stereocenters. The lowest BCUT2D eigenvalue weighted by Gasteiger charge is -2.13. The first-order chi connectivity index (χ1) is 13.2. The van der Waals surface area contributed by atoms with E-state index in [0.717, 1.165) is 54.3 Å². The van der Waals surface area contributed by atoms with E-state index in [1.165, 1.54) is 0 Å². The van der Waals surface area contributed by atoms with Crippen LogP contribution in [0, 0.1) is 6.92 Å². The highest BCUT2D eigenvalue weighted by Crippen LogP contribution is 2.36. The number of pyridine rings is 1. The molecule has 0 radical (unpaired) electrons. The van der Waals surface area contributed by atoms with Gasteiger partial charge in [0.05, 0.1) is 12.3 Å². The lowest BCUT2D eigenvalue weighted by Crippen LogP contribution is -2.29. The van der Waals surface area contributed by atoms with Gasteiger partial charge in [-0.3, -0.25) is 5.10 Å². The van der Waals surface area contributed by atoms with E-state index >= 15 is 0 Å². The highest BCUT2D eigenvalue weighted by molar-refractivity contribution is 5.67. The maximum Gasteiger partial charge on any atom is 0.407 e. The first-order valence-corrected chi connectivity index (χ1v) is 9.48. The number of anilines is 2. The molecule has 4 rings (SSSR count). The number of aromatic amines is 1. The van der Waals surface area contributed by atoms with Crippen molar-refractivity contribution in [2.75, 3.05) is 18.5 Å². The van der Waals surface area contributed by atoms with Crippen molar-refractivity contribution in [3.8, 4) is 0 Å². The van der Waals surface area contributed by atoms with Crippen molar-refractivity contribution in [3.05, 3.63) is 35.2 Å². The van der Waals surface area contributed by atoms with Crippen LogP contribution in [0.25, 0.3) is 0 Å². The Morgan fingerprint density at radius 1 is 1.22 bits per heavy atom. The molecule has 2 aromatic rings. The molecule has 1 saturated carbocycles. The molecule has 3 N–H and O–H groups in total. The van der Waals surface area contributed by atoms with Gasteiger partial charge in [-0.2, -0.15) is 5.10 Å². The molecule has 2 aromatic heterocycles. The lowest BCUT2D eigenvalue weighted by atomic mass is 10.0. The number of aryl methyl sites for hydroxylation is 1. The molecule has 8 heteroatoms. The molecular formula is C19H25N5O3. The summed E-state index contributed by atoms with van der Waals surface area (Å²) >= 11 is 0. The fraction of sp³-hybridized carbons (Fsp3) is 0.526. The predicted octanol–water partition coefficient (Wildman–Crippen LogP) is 3.14. The number of ether oxygens (including phenoxy) is 2. The summed E-state index contributed by atoms with van der Waals surface area (Å²) in [6, 6.07) is 5.98. The van der Waals surface area contributed by atoms with Crippen molar-refractivity contribution < 1.29 is 14.3 Å². The molecule has 1 aliphatic heterocycles. The predicted molar refractivity (Wildman–Crippen MR) is 100.0 cm³/mol. The van der Waals surface area contributed by atoms with Gasteiger partial charge in [-0.1, -0.05) is 6.07 Å². The quantitative estimate of drug-likeness (QED) is 0.658. The summed E-state index contributed by atoms with van der Waals surface area (Å²) in [6.07, 6.45) is 2.98. The molecule has 6 bridgehead atoms. The standard InChI is InChI=1S/C19H25N5O3/c1-12-3-6-17-21-16(12)11-26-8-2-7-20-19(25)27-14-5-4-13(9-14)15-10-18(22-17)24-23-15/h3,6,10,13-14H,2,4-5,7-9,11H2,1H3,(H,20,25)(H2,21,22,23,24)/t13-,14+/m0/s1. The zero-order valence-corrected chi connectivity index (χ0v) is 15.5. The van der Waals surface area contributed by atoms with Crippen LogP contribution in [0.2, 0.25) is 0 Å². The molecule has 1 amide bonds. The molecule has 3 heterocycles. The Morgan fingerprint density at radius 2 is 2.15 bits per heavy atom. The Labute approximate surface area is 158 Å². The van der Waals surface area contributed by atoms with Gasteiger partial charge in [-0.25, -0.2) is 9.78 Å². The maximum atomic E-state index is 11.9. The molecule has 0 aromatic carbocycles. The van der Waals surface area contributed by atoms with Gasteiger partial charge >= 0.3 is 6.09 Å². The van der Waals surface area contributed by atoms with Crippen LogP contribution in [0.1, 0.15) is 48.6 Å². The highest BCUT2D eigenvalue weighted by Gasteiger charge is 2.29. The number of rotatable bonds is 0. The van der Waals surface area contributed by atoms with E-state index in [9.17, 15) is 4.79 Å². The van der Waals surface area contributed by atoms with Gasteiger partial charge in [-0.05, 0) is 44.2 Å². The molecule has 8 nitrogen and oxygen atoms in total. The second-order valence-electron chi connectivity index (χ2n) is 7.16. The smallest absolute Gasteiger partial charge is 0.407 e. The SMILES string of the molecule is Cc1ccc2nc1COCCCNC(=O)O[C@@H]1CC[C@@H](C1)c1cc(n[nH]1)N2. The average molecular weight is 371 g/mol. The number of carbonyl (C=O) groups is 1. The van der Waals surface area contributed by atoms with Gasteiger partial charge in [0, 0.05) is 30.8 Å². The van der Waals surface area contributed by atoms with E-state index in [2.05, 4.69) is 25.8 Å². The number of alkyl carbamates (subject to hydrolysis) is 1. The zero-order chi connectivity index (χ0) is 18.6. The van der Waals surface area contributed by atoms with Gasteiger partial charge in [0.25, 0.3) is 0 Å². The minimum Gasteiger partial charge on any atom is -0.446 e. The number of nitrogens with one attached hydrogen (secondary N) is 3. The van der Waals surface area contributed by atoms with E-state index in [1.54, 1.807) is 0 Å². The molecule has 0 spiro atoms. The summed E-state index contributed by atoms with van der Waals surface area (Å²) in [5, 5.41) is 13.5. The van der Waals surface area contributed by atoms with Crippen LogP contribution >= 0.6 is 0 Å². The molecule has 144 valence electrons.